The van der Waals surface area contributed by atoms with E-state index in [9.17, 15) is 24.0 Å². The van der Waals surface area contributed by atoms with Crippen molar-refractivity contribution in [3.8, 4) is 0 Å². The first-order chi connectivity index (χ1) is 20.9. The Morgan fingerprint density at radius 1 is 1.05 bits per heavy atom. The lowest BCUT2D eigenvalue weighted by Gasteiger charge is -2.49. The fraction of sp³-hybridized carbons (Fsp3) is 0.344. The number of β-lactam (4-membered cyclic amide) rings is 1. The summed E-state index contributed by atoms with van der Waals surface area (Å²) in [4.78, 5) is 66.8. The average molecular weight is 620 g/mol. The molecule has 0 aliphatic carbocycles. The zero-order chi connectivity index (χ0) is 31.6. The van der Waals surface area contributed by atoms with E-state index in [2.05, 4.69) is 5.32 Å². The van der Waals surface area contributed by atoms with Gasteiger partial charge in [0.05, 0.1) is 0 Å². The molecule has 0 saturated carbocycles. The minimum atomic E-state index is -1.12. The van der Waals surface area contributed by atoms with E-state index in [1.54, 1.807) is 26.8 Å². The number of hydrogen-bond acceptors (Lipinski definition) is 8. The fourth-order valence-corrected chi connectivity index (χ4v) is 6.56. The van der Waals surface area contributed by atoms with E-state index in [-0.39, 0.29) is 18.0 Å². The molecule has 44 heavy (non-hydrogen) atoms. The number of hydrogen-bond donors (Lipinski definition) is 2. The Hall–Kier alpha value is -4.58. The summed E-state index contributed by atoms with van der Waals surface area (Å²) in [6.45, 7) is 4.94. The number of amides is 3. The van der Waals surface area contributed by atoms with Crippen molar-refractivity contribution in [3.63, 3.8) is 0 Å². The number of carboxylic acids is 1. The van der Waals surface area contributed by atoms with Gasteiger partial charge in [0.2, 0.25) is 5.91 Å². The van der Waals surface area contributed by atoms with E-state index in [1.165, 1.54) is 21.6 Å². The number of thioether (sulfide) groups is 1. The summed E-state index contributed by atoms with van der Waals surface area (Å²) in [5, 5.41) is 11.2. The number of carboxylic acid groups (broad SMARTS) is 1. The number of nitrogens with one attached hydrogen (secondary N) is 1. The first-order valence-electron chi connectivity index (χ1n) is 14.1. The molecule has 3 heterocycles. The SMILES string of the molecule is CC(C)(C)OC(=O)N[C@@H]1C(=O)N2C(C(=O)OC(c3ccccc3)c3ccccc3)=C(/C=C3\CCN(CC(=O)O)C3=O)CS[C@H]12. The smallest absolute Gasteiger partial charge is 0.408 e. The average Bonchev–Trinajstić information content (AvgIpc) is 3.31. The summed E-state index contributed by atoms with van der Waals surface area (Å²) in [6, 6.07) is 17.5. The second kappa shape index (κ2) is 12.6. The molecule has 2 fully saturated rings. The van der Waals surface area contributed by atoms with Gasteiger partial charge in [0.15, 0.2) is 6.10 Å². The number of likely N-dealkylation sites (tertiary alicyclic amines) is 1. The molecule has 11 nitrogen and oxygen atoms in total. The molecule has 0 unspecified atom stereocenters. The van der Waals surface area contributed by atoms with Crippen LogP contribution in [0, 0.1) is 0 Å². The van der Waals surface area contributed by atoms with Crippen LogP contribution in [-0.4, -0.2) is 80.6 Å². The molecule has 2 atom stereocenters. The van der Waals surface area contributed by atoms with Gasteiger partial charge in [0.25, 0.3) is 5.91 Å². The number of alkyl carbamates (subject to hydrolysis) is 1. The summed E-state index contributed by atoms with van der Waals surface area (Å²) < 4.78 is 11.5. The molecule has 2 saturated heterocycles. The number of esters is 1. The van der Waals surface area contributed by atoms with Crippen molar-refractivity contribution in [2.45, 2.75) is 50.3 Å². The number of carbonyl (C=O) groups excluding carboxylic acids is 4. The Labute approximate surface area is 258 Å². The number of ether oxygens (including phenoxy) is 2. The second-order valence-corrected chi connectivity index (χ2v) is 12.7. The van der Waals surface area contributed by atoms with Crippen LogP contribution in [0.25, 0.3) is 0 Å². The topological polar surface area (TPSA) is 143 Å². The number of fused-ring (bicyclic) bond motifs is 1. The highest BCUT2D eigenvalue weighted by molar-refractivity contribution is 8.00. The monoisotopic (exact) mass is 619 g/mol. The number of aliphatic carboxylic acids is 1. The molecule has 12 heteroatoms. The summed E-state index contributed by atoms with van der Waals surface area (Å²) in [7, 11) is 0. The molecule has 0 radical (unpaired) electrons. The molecule has 2 N–H and O–H groups in total. The van der Waals surface area contributed by atoms with Crippen LogP contribution in [-0.2, 0) is 28.7 Å². The third-order valence-corrected chi connectivity index (χ3v) is 8.48. The summed E-state index contributed by atoms with van der Waals surface area (Å²) >= 11 is 1.33. The number of benzene rings is 2. The fourth-order valence-electron chi connectivity index (χ4n) is 5.25. The first-order valence-corrected chi connectivity index (χ1v) is 15.2. The third kappa shape index (κ3) is 6.65. The van der Waals surface area contributed by atoms with Crippen molar-refractivity contribution in [1.29, 1.82) is 0 Å². The maximum absolute atomic E-state index is 14.1. The summed E-state index contributed by atoms with van der Waals surface area (Å²) in [5.74, 6) is -2.61. The highest BCUT2D eigenvalue weighted by atomic mass is 32.2. The van der Waals surface area contributed by atoms with Crippen LogP contribution >= 0.6 is 11.8 Å². The second-order valence-electron chi connectivity index (χ2n) is 11.6. The number of carbonyl (C=O) groups is 5. The Balaban J connectivity index is 1.49. The van der Waals surface area contributed by atoms with Gasteiger partial charge in [-0.1, -0.05) is 60.7 Å². The lowest BCUT2D eigenvalue weighted by atomic mass is 10.00. The van der Waals surface area contributed by atoms with Gasteiger partial charge in [-0.3, -0.25) is 19.3 Å². The molecular weight excluding hydrogens is 586 g/mol. The molecule has 230 valence electrons. The Bertz CT molecular complexity index is 1490. The minimum Gasteiger partial charge on any atom is -0.480 e. The van der Waals surface area contributed by atoms with Crippen LogP contribution in [0.15, 0.2) is 83.6 Å². The highest BCUT2D eigenvalue weighted by Gasteiger charge is 2.55. The van der Waals surface area contributed by atoms with Crippen molar-refractivity contribution in [3.05, 3.63) is 94.7 Å². The van der Waals surface area contributed by atoms with Crippen LogP contribution in [0.2, 0.25) is 0 Å². The normalized spacial score (nSPS) is 20.9. The van der Waals surface area contributed by atoms with Crippen molar-refractivity contribution >= 4 is 41.6 Å². The lowest BCUT2D eigenvalue weighted by Crippen LogP contribution is -2.70. The zero-order valence-electron chi connectivity index (χ0n) is 24.5. The third-order valence-electron chi connectivity index (χ3n) is 7.18. The van der Waals surface area contributed by atoms with Crippen molar-refractivity contribution < 1.29 is 38.6 Å². The minimum absolute atomic E-state index is 0.0187. The van der Waals surface area contributed by atoms with Crippen LogP contribution in [0.1, 0.15) is 44.4 Å². The van der Waals surface area contributed by atoms with E-state index in [0.29, 0.717) is 17.6 Å². The maximum Gasteiger partial charge on any atom is 0.408 e. The van der Waals surface area contributed by atoms with Gasteiger partial charge in [-0.15, -0.1) is 11.8 Å². The van der Waals surface area contributed by atoms with E-state index in [4.69, 9.17) is 14.6 Å². The van der Waals surface area contributed by atoms with Crippen LogP contribution in [0.5, 0.6) is 0 Å². The lowest BCUT2D eigenvalue weighted by molar-refractivity contribution is -0.153. The molecule has 2 aromatic carbocycles. The van der Waals surface area contributed by atoms with Crippen LogP contribution < -0.4 is 5.32 Å². The molecule has 2 aromatic rings. The van der Waals surface area contributed by atoms with Gasteiger partial charge in [0.1, 0.15) is 29.3 Å². The van der Waals surface area contributed by atoms with Gasteiger partial charge < -0.3 is 24.8 Å². The Morgan fingerprint density at radius 2 is 1.66 bits per heavy atom. The predicted molar refractivity (Wildman–Crippen MR) is 161 cm³/mol. The molecule has 0 spiro atoms. The van der Waals surface area contributed by atoms with E-state index < -0.39 is 59.5 Å². The van der Waals surface area contributed by atoms with Gasteiger partial charge in [-0.05, 0) is 50.0 Å². The largest absolute Gasteiger partial charge is 0.480 e. The quantitative estimate of drug-likeness (QED) is 0.257. The van der Waals surface area contributed by atoms with E-state index in [0.717, 1.165) is 11.1 Å². The Morgan fingerprint density at radius 3 is 2.23 bits per heavy atom. The number of nitrogens with zero attached hydrogens (tertiary/aromatic N) is 2. The molecule has 3 aliphatic rings. The predicted octanol–water partition coefficient (Wildman–Crippen LogP) is 3.63. The molecule has 3 aliphatic heterocycles. The van der Waals surface area contributed by atoms with Crippen LogP contribution in [0.3, 0.4) is 0 Å². The summed E-state index contributed by atoms with van der Waals surface area (Å²) in [5.41, 5.74) is 1.41. The number of allylic oxidation sites excluding steroid dienone is 1. The molecule has 0 aromatic heterocycles. The van der Waals surface area contributed by atoms with Crippen molar-refractivity contribution in [2.75, 3.05) is 18.8 Å². The summed E-state index contributed by atoms with van der Waals surface area (Å²) in [6.07, 6.45) is 0.316. The molecule has 5 rings (SSSR count). The van der Waals surface area contributed by atoms with E-state index in [1.807, 2.05) is 60.7 Å². The van der Waals surface area contributed by atoms with Crippen LogP contribution in [0.4, 0.5) is 4.79 Å². The standard InChI is InChI=1S/C32H33N3O8S/c1-32(2,3)43-31(41)33-24-28(39)35-25(22(18-44-29(24)35)16-21-14-15-34(27(21)38)17-23(36)37)30(40)42-26(19-10-6-4-7-11-19)20-12-8-5-9-13-20/h4-13,16,24,26,29H,14-15,17-18H2,1-3H3,(H,33,41)(H,36,37)/b21-16+/t24-,29-/m1/s1. The highest BCUT2D eigenvalue weighted by Crippen LogP contribution is 2.42. The first kappa shape index (κ1) is 30.9. The van der Waals surface area contributed by atoms with Crippen molar-refractivity contribution in [1.82, 2.24) is 15.1 Å². The van der Waals surface area contributed by atoms with Crippen molar-refractivity contribution in [2.24, 2.45) is 0 Å². The molecule has 0 bridgehead atoms. The van der Waals surface area contributed by atoms with Gasteiger partial charge >= 0.3 is 18.0 Å². The van der Waals surface area contributed by atoms with Gasteiger partial charge in [-0.2, -0.15) is 0 Å². The zero-order valence-corrected chi connectivity index (χ0v) is 25.3. The molecular formula is C32H33N3O8S. The number of rotatable bonds is 8. The van der Waals surface area contributed by atoms with E-state index >= 15 is 0 Å². The van der Waals surface area contributed by atoms with Gasteiger partial charge in [-0.25, -0.2) is 9.59 Å². The Kier molecular flexibility index (Phi) is 8.82. The van der Waals surface area contributed by atoms with Gasteiger partial charge in [0, 0.05) is 17.9 Å². The maximum atomic E-state index is 14.1. The molecule has 3 amide bonds.